The third-order valence-electron chi connectivity index (χ3n) is 1.78. The molecule has 0 saturated carbocycles. The first kappa shape index (κ1) is 18.6. The van der Waals surface area contributed by atoms with Crippen molar-refractivity contribution in [2.24, 2.45) is 0 Å². The van der Waals surface area contributed by atoms with E-state index in [1.54, 1.807) is 0 Å². The standard InChI is InChI=1S/C9H7F9O2/c1-4(2-3-7(10,11)12)5(19)20-6(8(13,14)15)9(16,17)18/h2,6H,3H2,1H3. The number of ether oxygens (including phenoxy) is 1. The van der Waals surface area contributed by atoms with Crippen molar-refractivity contribution in [1.82, 2.24) is 0 Å². The van der Waals surface area contributed by atoms with Crippen LogP contribution in [0.2, 0.25) is 0 Å². The number of allylic oxidation sites excluding steroid dienone is 1. The Labute approximate surface area is 106 Å². The second-order valence-corrected chi connectivity index (χ2v) is 3.58. The molecule has 0 spiro atoms. The Balaban J connectivity index is 4.96. The Morgan fingerprint density at radius 1 is 1.00 bits per heavy atom. The van der Waals surface area contributed by atoms with Crippen LogP contribution in [0.25, 0.3) is 0 Å². The van der Waals surface area contributed by atoms with Gasteiger partial charge in [-0.15, -0.1) is 0 Å². The third kappa shape index (κ3) is 6.66. The lowest BCUT2D eigenvalue weighted by Crippen LogP contribution is -2.45. The van der Waals surface area contributed by atoms with Gasteiger partial charge in [0.25, 0.3) is 6.10 Å². The molecule has 0 aliphatic heterocycles. The van der Waals surface area contributed by atoms with Gasteiger partial charge in [-0.1, -0.05) is 6.08 Å². The van der Waals surface area contributed by atoms with Crippen molar-refractivity contribution in [2.45, 2.75) is 38.0 Å². The van der Waals surface area contributed by atoms with Gasteiger partial charge in [0.2, 0.25) is 0 Å². The van der Waals surface area contributed by atoms with Gasteiger partial charge in [-0.3, -0.25) is 0 Å². The Bertz CT molecular complexity index is 360. The summed E-state index contributed by atoms with van der Waals surface area (Å²) in [7, 11) is 0. The summed E-state index contributed by atoms with van der Waals surface area (Å²) in [6.45, 7) is 0.609. The van der Waals surface area contributed by atoms with Crippen LogP contribution in [0.4, 0.5) is 39.5 Å². The fraction of sp³-hybridized carbons (Fsp3) is 0.667. The van der Waals surface area contributed by atoms with Gasteiger partial charge in [0.1, 0.15) is 0 Å². The molecule has 0 bridgehead atoms. The van der Waals surface area contributed by atoms with Crippen LogP contribution in [0, 0.1) is 0 Å². The first-order valence-corrected chi connectivity index (χ1v) is 4.72. The predicted molar refractivity (Wildman–Crippen MR) is 46.4 cm³/mol. The van der Waals surface area contributed by atoms with Crippen LogP contribution in [-0.4, -0.2) is 30.6 Å². The lowest BCUT2D eigenvalue weighted by Gasteiger charge is -2.22. The van der Waals surface area contributed by atoms with E-state index in [1.165, 1.54) is 0 Å². The molecule has 0 aliphatic rings. The van der Waals surface area contributed by atoms with Crippen LogP contribution < -0.4 is 0 Å². The molecular formula is C9H7F9O2. The highest BCUT2D eigenvalue weighted by Crippen LogP contribution is 2.36. The fourth-order valence-corrected chi connectivity index (χ4v) is 0.871. The molecule has 0 radical (unpaired) electrons. The number of esters is 1. The maximum Gasteiger partial charge on any atom is 0.434 e. The molecule has 20 heavy (non-hydrogen) atoms. The number of carbonyl (C=O) groups excluding carboxylic acids is 1. The van der Waals surface area contributed by atoms with Crippen LogP contribution in [0.5, 0.6) is 0 Å². The minimum atomic E-state index is -5.92. The lowest BCUT2D eigenvalue weighted by atomic mass is 10.2. The summed E-state index contributed by atoms with van der Waals surface area (Å²) in [6, 6.07) is 0. The number of halogens is 9. The molecule has 118 valence electrons. The van der Waals surface area contributed by atoms with Gasteiger partial charge in [0, 0.05) is 5.57 Å². The summed E-state index contributed by atoms with van der Waals surface area (Å²) in [4.78, 5) is 10.9. The average molecular weight is 318 g/mol. The van der Waals surface area contributed by atoms with Crippen molar-refractivity contribution in [3.8, 4) is 0 Å². The van der Waals surface area contributed by atoms with Gasteiger partial charge >= 0.3 is 24.5 Å². The minimum Gasteiger partial charge on any atom is -0.439 e. The van der Waals surface area contributed by atoms with Gasteiger partial charge in [0.15, 0.2) is 0 Å². The van der Waals surface area contributed by atoms with Gasteiger partial charge in [-0.25, -0.2) is 4.79 Å². The molecule has 0 aromatic heterocycles. The zero-order valence-corrected chi connectivity index (χ0v) is 9.58. The van der Waals surface area contributed by atoms with Crippen LogP contribution in [0.3, 0.4) is 0 Å². The van der Waals surface area contributed by atoms with Crippen molar-refractivity contribution < 1.29 is 49.0 Å². The predicted octanol–water partition coefficient (Wildman–Crippen LogP) is 3.92. The number of carbonyl (C=O) groups is 1. The van der Waals surface area contributed by atoms with Crippen LogP contribution in [-0.2, 0) is 9.53 Å². The first-order valence-electron chi connectivity index (χ1n) is 4.72. The second kappa shape index (κ2) is 5.92. The number of alkyl halides is 9. The highest BCUT2D eigenvalue weighted by Gasteiger charge is 2.59. The van der Waals surface area contributed by atoms with E-state index in [0.717, 1.165) is 0 Å². The number of hydrogen-bond donors (Lipinski definition) is 0. The molecule has 0 N–H and O–H groups in total. The molecule has 11 heteroatoms. The molecule has 0 aromatic rings. The molecule has 0 rings (SSSR count). The van der Waals surface area contributed by atoms with Crippen LogP contribution in [0.1, 0.15) is 13.3 Å². The van der Waals surface area contributed by atoms with Crippen LogP contribution >= 0.6 is 0 Å². The van der Waals surface area contributed by atoms with E-state index in [4.69, 9.17) is 0 Å². The van der Waals surface area contributed by atoms with Crippen molar-refractivity contribution in [3.05, 3.63) is 11.6 Å². The normalized spacial score (nSPS) is 14.7. The summed E-state index contributed by atoms with van der Waals surface area (Å²) < 4.78 is 111. The van der Waals surface area contributed by atoms with E-state index in [1.807, 2.05) is 0 Å². The summed E-state index contributed by atoms with van der Waals surface area (Å²) in [5, 5.41) is 0. The molecule has 0 saturated heterocycles. The molecule has 0 unspecified atom stereocenters. The van der Waals surface area contributed by atoms with E-state index in [-0.39, 0.29) is 6.08 Å². The Morgan fingerprint density at radius 2 is 1.40 bits per heavy atom. The maximum atomic E-state index is 12.0. The van der Waals surface area contributed by atoms with Gasteiger partial charge < -0.3 is 4.74 Å². The lowest BCUT2D eigenvalue weighted by molar-refractivity contribution is -0.312. The van der Waals surface area contributed by atoms with Gasteiger partial charge in [0.05, 0.1) is 6.42 Å². The van der Waals surface area contributed by atoms with E-state index < -0.39 is 42.6 Å². The maximum absolute atomic E-state index is 12.0. The molecule has 2 nitrogen and oxygen atoms in total. The fourth-order valence-electron chi connectivity index (χ4n) is 0.871. The first-order chi connectivity index (χ1) is 8.64. The Kier molecular flexibility index (Phi) is 5.50. The molecule has 0 amide bonds. The highest BCUT2D eigenvalue weighted by atomic mass is 19.4. The van der Waals surface area contributed by atoms with Crippen molar-refractivity contribution in [1.29, 1.82) is 0 Å². The van der Waals surface area contributed by atoms with E-state index in [2.05, 4.69) is 4.74 Å². The molecular weight excluding hydrogens is 311 g/mol. The van der Waals surface area contributed by atoms with Crippen molar-refractivity contribution in [2.75, 3.05) is 0 Å². The summed E-state index contributed by atoms with van der Waals surface area (Å²) in [5.41, 5.74) is -1.01. The number of rotatable bonds is 3. The topological polar surface area (TPSA) is 26.3 Å². The SMILES string of the molecule is CC(=CCC(F)(F)F)C(=O)OC(C(F)(F)F)C(F)(F)F. The average Bonchev–Trinajstić information content (AvgIpc) is 2.17. The highest BCUT2D eigenvalue weighted by molar-refractivity contribution is 5.87. The van der Waals surface area contributed by atoms with E-state index in [9.17, 15) is 44.3 Å². The minimum absolute atomic E-state index is 0.131. The largest absolute Gasteiger partial charge is 0.439 e. The number of hydrogen-bond acceptors (Lipinski definition) is 2. The quantitative estimate of drug-likeness (QED) is 0.448. The smallest absolute Gasteiger partial charge is 0.434 e. The molecule has 0 heterocycles. The Hall–Kier alpha value is -1.42. The van der Waals surface area contributed by atoms with Crippen molar-refractivity contribution in [3.63, 3.8) is 0 Å². The summed E-state index contributed by atoms with van der Waals surface area (Å²) >= 11 is 0. The molecule has 0 aliphatic carbocycles. The zero-order chi connectivity index (χ0) is 16.4. The van der Waals surface area contributed by atoms with E-state index >= 15 is 0 Å². The van der Waals surface area contributed by atoms with Crippen molar-refractivity contribution >= 4 is 5.97 Å². The van der Waals surface area contributed by atoms with Gasteiger partial charge in [-0.2, -0.15) is 39.5 Å². The zero-order valence-electron chi connectivity index (χ0n) is 9.58. The summed E-state index contributed by atoms with van der Waals surface area (Å²) in [5.74, 6) is -2.13. The molecule has 0 atom stereocenters. The Morgan fingerprint density at radius 3 is 1.70 bits per heavy atom. The molecule has 0 fully saturated rings. The van der Waals surface area contributed by atoms with Crippen LogP contribution in [0.15, 0.2) is 11.6 Å². The van der Waals surface area contributed by atoms with E-state index in [0.29, 0.717) is 6.92 Å². The van der Waals surface area contributed by atoms with Gasteiger partial charge in [-0.05, 0) is 6.92 Å². The molecule has 0 aromatic carbocycles. The second-order valence-electron chi connectivity index (χ2n) is 3.58. The summed E-state index contributed by atoms with van der Waals surface area (Å²) in [6.07, 6.45) is -22.5. The monoisotopic (exact) mass is 318 g/mol. The third-order valence-corrected chi connectivity index (χ3v) is 1.78.